The maximum absolute atomic E-state index is 3.39. The highest BCUT2D eigenvalue weighted by Gasteiger charge is 1.89. The molecule has 0 aliphatic heterocycles. The molecule has 0 aliphatic rings. The van der Waals surface area contributed by atoms with E-state index in [1.54, 1.807) is 0 Å². The van der Waals surface area contributed by atoms with Crippen LogP contribution in [0.3, 0.4) is 0 Å². The van der Waals surface area contributed by atoms with Gasteiger partial charge in [-0.25, -0.2) is 0 Å². The van der Waals surface area contributed by atoms with E-state index in [1.165, 1.54) is 5.56 Å². The molecular formula is C9H12BrN. The first kappa shape index (κ1) is 8.75. The first-order valence-corrected chi connectivity index (χ1v) is 4.57. The topological polar surface area (TPSA) is 12.0 Å². The summed E-state index contributed by atoms with van der Waals surface area (Å²) >= 11 is 3.39. The van der Waals surface area contributed by atoms with Crippen molar-refractivity contribution in [1.82, 2.24) is 5.32 Å². The van der Waals surface area contributed by atoms with E-state index in [4.69, 9.17) is 0 Å². The van der Waals surface area contributed by atoms with Crippen LogP contribution >= 0.6 is 15.9 Å². The molecule has 0 fully saturated rings. The van der Waals surface area contributed by atoms with Crippen LogP contribution in [0.2, 0.25) is 0 Å². The average molecular weight is 214 g/mol. The third kappa shape index (κ3) is 3.04. The van der Waals surface area contributed by atoms with Crippen LogP contribution in [0.4, 0.5) is 0 Å². The molecule has 1 rings (SSSR count). The van der Waals surface area contributed by atoms with E-state index in [1.807, 2.05) is 0 Å². The van der Waals surface area contributed by atoms with E-state index in [-0.39, 0.29) is 0 Å². The summed E-state index contributed by atoms with van der Waals surface area (Å²) in [5, 5.41) is 3.27. The molecule has 0 atom stereocenters. The van der Waals surface area contributed by atoms with Crippen LogP contribution in [0.15, 0.2) is 28.7 Å². The molecule has 0 aliphatic carbocycles. The summed E-state index contributed by atoms with van der Waals surface area (Å²) in [5.41, 5.74) is 1.33. The van der Waals surface area contributed by atoms with Gasteiger partial charge in [-0.15, -0.1) is 0 Å². The van der Waals surface area contributed by atoms with Crippen molar-refractivity contribution >= 4 is 15.9 Å². The fourth-order valence-corrected chi connectivity index (χ4v) is 1.14. The summed E-state index contributed by atoms with van der Waals surface area (Å²) < 4.78 is 1.14. The van der Waals surface area contributed by atoms with E-state index in [0.717, 1.165) is 17.6 Å². The lowest BCUT2D eigenvalue weighted by atomic mass is 10.2. The first-order chi connectivity index (χ1) is 5.33. The summed E-state index contributed by atoms with van der Waals surface area (Å²) in [6.45, 7) is 4.10. The molecule has 1 aromatic rings. The zero-order chi connectivity index (χ0) is 8.10. The monoisotopic (exact) mass is 213 g/mol. The second-order valence-corrected chi connectivity index (χ2v) is 3.32. The molecular weight excluding hydrogens is 202 g/mol. The Labute approximate surface area is 75.9 Å². The van der Waals surface area contributed by atoms with E-state index >= 15 is 0 Å². The molecule has 0 spiro atoms. The second kappa shape index (κ2) is 4.52. The fourth-order valence-electron chi connectivity index (χ4n) is 0.872. The zero-order valence-corrected chi connectivity index (χ0v) is 8.19. The highest BCUT2D eigenvalue weighted by molar-refractivity contribution is 9.10. The van der Waals surface area contributed by atoms with Gasteiger partial charge in [-0.1, -0.05) is 35.0 Å². The van der Waals surface area contributed by atoms with E-state index in [9.17, 15) is 0 Å². The van der Waals surface area contributed by atoms with Crippen molar-refractivity contribution in [2.75, 3.05) is 6.54 Å². The Bertz CT molecular complexity index is 205. The van der Waals surface area contributed by atoms with Gasteiger partial charge in [0, 0.05) is 11.0 Å². The van der Waals surface area contributed by atoms with Gasteiger partial charge >= 0.3 is 0 Å². The van der Waals surface area contributed by atoms with Gasteiger partial charge in [-0.05, 0) is 24.2 Å². The van der Waals surface area contributed by atoms with E-state index in [2.05, 4.69) is 52.4 Å². The molecule has 0 radical (unpaired) electrons. The standard InChI is InChI=1S/C9H12BrN/c1-2-11-7-8-3-5-9(10)6-4-8/h3-6,11H,2,7H2,1H3. The Balaban J connectivity index is 2.52. The molecule has 1 aromatic carbocycles. The van der Waals surface area contributed by atoms with Gasteiger partial charge in [0.15, 0.2) is 0 Å². The minimum Gasteiger partial charge on any atom is -0.313 e. The summed E-state index contributed by atoms with van der Waals surface area (Å²) in [6.07, 6.45) is 0. The maximum atomic E-state index is 3.39. The minimum atomic E-state index is 0.962. The number of nitrogens with one attached hydrogen (secondary N) is 1. The lowest BCUT2D eigenvalue weighted by Crippen LogP contribution is -2.11. The summed E-state index contributed by atoms with van der Waals surface area (Å²) in [7, 11) is 0. The van der Waals surface area contributed by atoms with Gasteiger partial charge in [0.25, 0.3) is 0 Å². The number of hydrogen-bond donors (Lipinski definition) is 1. The maximum Gasteiger partial charge on any atom is 0.0205 e. The van der Waals surface area contributed by atoms with Crippen LogP contribution in [0.25, 0.3) is 0 Å². The molecule has 11 heavy (non-hydrogen) atoms. The van der Waals surface area contributed by atoms with Crippen molar-refractivity contribution < 1.29 is 0 Å². The van der Waals surface area contributed by atoms with Gasteiger partial charge in [-0.2, -0.15) is 0 Å². The average Bonchev–Trinajstić information content (AvgIpc) is 2.04. The molecule has 2 heteroatoms. The zero-order valence-electron chi connectivity index (χ0n) is 6.60. The molecule has 0 unspecified atom stereocenters. The van der Waals surface area contributed by atoms with Gasteiger partial charge in [0.2, 0.25) is 0 Å². The predicted molar refractivity (Wildman–Crippen MR) is 51.5 cm³/mol. The van der Waals surface area contributed by atoms with Crippen LogP contribution in [0.1, 0.15) is 12.5 Å². The molecule has 0 saturated carbocycles. The van der Waals surface area contributed by atoms with Crippen LogP contribution in [-0.2, 0) is 6.54 Å². The van der Waals surface area contributed by atoms with Gasteiger partial charge in [0.05, 0.1) is 0 Å². The summed E-state index contributed by atoms with van der Waals surface area (Å²) in [4.78, 5) is 0. The summed E-state index contributed by atoms with van der Waals surface area (Å²) in [5.74, 6) is 0. The SMILES string of the molecule is CCNCc1ccc(Br)cc1. The van der Waals surface area contributed by atoms with Gasteiger partial charge < -0.3 is 5.32 Å². The molecule has 0 amide bonds. The normalized spacial score (nSPS) is 10.0. The molecule has 0 bridgehead atoms. The number of hydrogen-bond acceptors (Lipinski definition) is 1. The Hall–Kier alpha value is -0.340. The van der Waals surface area contributed by atoms with Gasteiger partial charge in [0.1, 0.15) is 0 Å². The highest BCUT2D eigenvalue weighted by Crippen LogP contribution is 2.09. The van der Waals surface area contributed by atoms with Crippen LogP contribution in [-0.4, -0.2) is 6.54 Å². The van der Waals surface area contributed by atoms with Crippen molar-refractivity contribution in [1.29, 1.82) is 0 Å². The largest absolute Gasteiger partial charge is 0.313 e. The minimum absolute atomic E-state index is 0.962. The second-order valence-electron chi connectivity index (χ2n) is 2.41. The fraction of sp³-hybridized carbons (Fsp3) is 0.333. The molecule has 0 saturated heterocycles. The van der Waals surface area contributed by atoms with Crippen molar-refractivity contribution in [2.24, 2.45) is 0 Å². The quantitative estimate of drug-likeness (QED) is 0.815. The van der Waals surface area contributed by atoms with Gasteiger partial charge in [-0.3, -0.25) is 0 Å². The Morgan fingerprint density at radius 2 is 1.91 bits per heavy atom. The van der Waals surface area contributed by atoms with Crippen LogP contribution < -0.4 is 5.32 Å². The van der Waals surface area contributed by atoms with Crippen molar-refractivity contribution in [3.8, 4) is 0 Å². The molecule has 1 nitrogen and oxygen atoms in total. The predicted octanol–water partition coefficient (Wildman–Crippen LogP) is 2.56. The molecule has 60 valence electrons. The molecule has 0 heterocycles. The Morgan fingerprint density at radius 1 is 1.27 bits per heavy atom. The Morgan fingerprint density at radius 3 is 2.45 bits per heavy atom. The van der Waals surface area contributed by atoms with Crippen LogP contribution in [0.5, 0.6) is 0 Å². The van der Waals surface area contributed by atoms with E-state index in [0.29, 0.717) is 0 Å². The smallest absolute Gasteiger partial charge is 0.0205 e. The lowest BCUT2D eigenvalue weighted by Gasteiger charge is -2.00. The number of halogens is 1. The van der Waals surface area contributed by atoms with Crippen molar-refractivity contribution in [2.45, 2.75) is 13.5 Å². The van der Waals surface area contributed by atoms with Crippen molar-refractivity contribution in [3.05, 3.63) is 34.3 Å². The first-order valence-electron chi connectivity index (χ1n) is 3.78. The third-order valence-corrected chi connectivity index (χ3v) is 2.02. The third-order valence-electron chi connectivity index (χ3n) is 1.49. The van der Waals surface area contributed by atoms with Crippen LogP contribution in [0, 0.1) is 0 Å². The molecule has 0 aromatic heterocycles. The van der Waals surface area contributed by atoms with Crippen molar-refractivity contribution in [3.63, 3.8) is 0 Å². The van der Waals surface area contributed by atoms with E-state index < -0.39 is 0 Å². The number of rotatable bonds is 3. The lowest BCUT2D eigenvalue weighted by molar-refractivity contribution is 0.727. The summed E-state index contributed by atoms with van der Waals surface area (Å²) in [6, 6.07) is 8.36. The molecule has 1 N–H and O–H groups in total. The highest BCUT2D eigenvalue weighted by atomic mass is 79.9. The number of benzene rings is 1. The Kier molecular flexibility index (Phi) is 3.60.